The lowest BCUT2D eigenvalue weighted by Gasteiger charge is -2.05. The van der Waals surface area contributed by atoms with Crippen molar-refractivity contribution in [3.63, 3.8) is 0 Å². The lowest BCUT2D eigenvalue weighted by molar-refractivity contribution is 0.0943. The maximum Gasteiger partial charge on any atom is 0.274 e. The summed E-state index contributed by atoms with van der Waals surface area (Å²) in [5.41, 5.74) is 0.450. The topological polar surface area (TPSA) is 89.2 Å². The third-order valence-electron chi connectivity index (χ3n) is 4.29. The number of furan rings is 1. The molecule has 0 aliphatic heterocycles. The zero-order chi connectivity index (χ0) is 20.4. The summed E-state index contributed by atoms with van der Waals surface area (Å²) >= 11 is 7.70. The number of aromatic nitrogens is 2. The fourth-order valence-corrected chi connectivity index (χ4v) is 4.26. The number of hydrogen-bond donors (Lipinski definition) is 2. The maximum absolute atomic E-state index is 12.9. The summed E-state index contributed by atoms with van der Waals surface area (Å²) in [4.78, 5) is 25.9. The number of benzene rings is 1. The molecule has 9 heteroatoms. The Morgan fingerprint density at radius 1 is 1.21 bits per heavy atom. The van der Waals surface area contributed by atoms with Crippen LogP contribution in [0.5, 0.6) is 0 Å². The summed E-state index contributed by atoms with van der Waals surface area (Å²) in [6, 6.07) is 11.0. The highest BCUT2D eigenvalue weighted by atomic mass is 35.5. The first-order valence-corrected chi connectivity index (χ1v) is 10.1. The number of hydrogen-bond acceptors (Lipinski definition) is 5. The van der Waals surface area contributed by atoms with E-state index in [0.717, 1.165) is 10.1 Å². The van der Waals surface area contributed by atoms with Crippen molar-refractivity contribution in [1.29, 1.82) is 0 Å². The van der Waals surface area contributed by atoms with Gasteiger partial charge in [0.1, 0.15) is 10.6 Å². The average Bonchev–Trinajstić information content (AvgIpc) is 3.46. The molecule has 0 saturated carbocycles. The van der Waals surface area contributed by atoms with Crippen LogP contribution in [0.25, 0.3) is 10.1 Å². The van der Waals surface area contributed by atoms with Crippen LogP contribution in [0, 0.1) is 0 Å². The summed E-state index contributed by atoms with van der Waals surface area (Å²) < 4.78 is 7.72. The number of carbonyl (C=O) groups excluding carboxylic acids is 2. The molecule has 1 aromatic carbocycles. The second-order valence-corrected chi connectivity index (χ2v) is 7.63. The van der Waals surface area contributed by atoms with E-state index >= 15 is 0 Å². The van der Waals surface area contributed by atoms with Gasteiger partial charge in [-0.25, -0.2) is 0 Å². The van der Waals surface area contributed by atoms with Crippen LogP contribution in [0.15, 0.2) is 53.3 Å². The Kier molecular flexibility index (Phi) is 5.37. The van der Waals surface area contributed by atoms with E-state index in [9.17, 15) is 9.59 Å². The highest BCUT2D eigenvalue weighted by Crippen LogP contribution is 2.35. The molecule has 148 valence electrons. The third-order valence-corrected chi connectivity index (χ3v) is 5.97. The number of anilines is 1. The fraction of sp³-hybridized carbons (Fsp3) is 0.150. The molecule has 0 spiro atoms. The monoisotopic (exact) mass is 428 g/mol. The van der Waals surface area contributed by atoms with Gasteiger partial charge in [0.25, 0.3) is 11.8 Å². The Morgan fingerprint density at radius 2 is 2.03 bits per heavy atom. The second-order valence-electron chi connectivity index (χ2n) is 6.20. The van der Waals surface area contributed by atoms with Crippen LogP contribution in [0.2, 0.25) is 5.02 Å². The highest BCUT2D eigenvalue weighted by Gasteiger charge is 2.22. The number of thiophene rings is 1. The molecule has 0 bridgehead atoms. The molecule has 0 unspecified atom stereocenters. The number of fused-ring (bicyclic) bond motifs is 1. The molecule has 4 rings (SSSR count). The second kappa shape index (κ2) is 8.10. The third kappa shape index (κ3) is 3.90. The number of amides is 2. The Bertz CT molecular complexity index is 1180. The number of aryl methyl sites for hydroxylation is 1. The van der Waals surface area contributed by atoms with Crippen molar-refractivity contribution in [2.45, 2.75) is 20.0 Å². The Hall–Kier alpha value is -3.10. The first kappa shape index (κ1) is 19.2. The molecule has 0 saturated heterocycles. The van der Waals surface area contributed by atoms with Crippen LogP contribution in [0.1, 0.15) is 32.8 Å². The lowest BCUT2D eigenvalue weighted by atomic mass is 10.2. The number of halogens is 1. The maximum atomic E-state index is 12.9. The Morgan fingerprint density at radius 3 is 2.76 bits per heavy atom. The van der Waals surface area contributed by atoms with Crippen LogP contribution < -0.4 is 10.6 Å². The standard InChI is InChI=1S/C20H17ClN4O3S/c1-2-25-11-14(17(24-25)19(26)22-10-12-6-5-9-28-12)23-20(27)18-16(21)13-7-3-4-8-15(13)29-18/h3-9,11H,2,10H2,1H3,(H,22,26)(H,23,27). The number of rotatable bonds is 6. The minimum Gasteiger partial charge on any atom is -0.467 e. The van der Waals surface area contributed by atoms with E-state index in [4.69, 9.17) is 16.0 Å². The van der Waals surface area contributed by atoms with Gasteiger partial charge in [-0.05, 0) is 25.1 Å². The molecule has 2 N–H and O–H groups in total. The van der Waals surface area contributed by atoms with E-state index in [1.807, 2.05) is 31.2 Å². The zero-order valence-electron chi connectivity index (χ0n) is 15.4. The molecule has 4 aromatic rings. The van der Waals surface area contributed by atoms with Crippen molar-refractivity contribution in [1.82, 2.24) is 15.1 Å². The van der Waals surface area contributed by atoms with E-state index in [2.05, 4.69) is 15.7 Å². The number of nitrogens with zero attached hydrogens (tertiary/aromatic N) is 2. The van der Waals surface area contributed by atoms with E-state index in [-0.39, 0.29) is 18.1 Å². The van der Waals surface area contributed by atoms with E-state index in [0.29, 0.717) is 27.9 Å². The molecule has 0 aliphatic carbocycles. The lowest BCUT2D eigenvalue weighted by Crippen LogP contribution is -2.25. The molecule has 0 atom stereocenters. The summed E-state index contributed by atoms with van der Waals surface area (Å²) in [6.45, 7) is 2.67. The molecule has 2 amide bonds. The smallest absolute Gasteiger partial charge is 0.274 e. The largest absolute Gasteiger partial charge is 0.467 e. The van der Waals surface area contributed by atoms with Gasteiger partial charge in [-0.1, -0.05) is 29.8 Å². The van der Waals surface area contributed by atoms with Gasteiger partial charge >= 0.3 is 0 Å². The summed E-state index contributed by atoms with van der Waals surface area (Å²) in [6.07, 6.45) is 3.16. The van der Waals surface area contributed by atoms with Crippen molar-refractivity contribution in [2.24, 2.45) is 0 Å². The predicted octanol–water partition coefficient (Wildman–Crippen LogP) is 4.55. The average molecular weight is 429 g/mol. The van der Waals surface area contributed by atoms with E-state index < -0.39 is 5.91 Å². The fourth-order valence-electron chi connectivity index (χ4n) is 2.85. The van der Waals surface area contributed by atoms with Gasteiger partial charge in [-0.15, -0.1) is 11.3 Å². The van der Waals surface area contributed by atoms with Crippen LogP contribution in [-0.4, -0.2) is 21.6 Å². The summed E-state index contributed by atoms with van der Waals surface area (Å²) in [7, 11) is 0. The van der Waals surface area contributed by atoms with E-state index in [1.54, 1.807) is 23.0 Å². The normalized spacial score (nSPS) is 11.0. The van der Waals surface area contributed by atoms with E-state index in [1.165, 1.54) is 17.6 Å². The molecule has 0 aliphatic rings. The first-order chi connectivity index (χ1) is 14.1. The summed E-state index contributed by atoms with van der Waals surface area (Å²) in [5.74, 6) is -0.172. The predicted molar refractivity (Wildman–Crippen MR) is 113 cm³/mol. The quantitative estimate of drug-likeness (QED) is 0.471. The first-order valence-electron chi connectivity index (χ1n) is 8.93. The van der Waals surface area contributed by atoms with Gasteiger partial charge in [0.2, 0.25) is 0 Å². The van der Waals surface area contributed by atoms with Crippen LogP contribution in [0.4, 0.5) is 5.69 Å². The molecule has 0 radical (unpaired) electrons. The van der Waals surface area contributed by atoms with Crippen molar-refractivity contribution in [3.8, 4) is 0 Å². The van der Waals surface area contributed by atoms with Gasteiger partial charge in [-0.3, -0.25) is 14.3 Å². The molecule has 0 fully saturated rings. The molecule has 3 heterocycles. The molecular formula is C20H17ClN4O3S. The van der Waals surface area contributed by atoms with Gasteiger partial charge in [0.05, 0.1) is 23.5 Å². The van der Waals surface area contributed by atoms with Crippen molar-refractivity contribution >= 4 is 50.5 Å². The van der Waals surface area contributed by atoms with Gasteiger partial charge in [0, 0.05) is 22.8 Å². The van der Waals surface area contributed by atoms with Gasteiger partial charge in [0.15, 0.2) is 5.69 Å². The summed E-state index contributed by atoms with van der Waals surface area (Å²) in [5, 5.41) is 11.0. The van der Waals surface area contributed by atoms with Crippen molar-refractivity contribution < 1.29 is 14.0 Å². The molecular weight excluding hydrogens is 412 g/mol. The van der Waals surface area contributed by atoms with Crippen LogP contribution >= 0.6 is 22.9 Å². The molecule has 3 aromatic heterocycles. The SMILES string of the molecule is CCn1cc(NC(=O)c2sc3ccccc3c2Cl)c(C(=O)NCc2ccco2)n1. The Labute approximate surface area is 175 Å². The Balaban J connectivity index is 1.57. The van der Waals surface area contributed by atoms with Crippen LogP contribution in [-0.2, 0) is 13.1 Å². The highest BCUT2D eigenvalue weighted by molar-refractivity contribution is 7.21. The number of nitrogens with one attached hydrogen (secondary N) is 2. The van der Waals surface area contributed by atoms with Gasteiger partial charge < -0.3 is 15.1 Å². The van der Waals surface area contributed by atoms with Crippen LogP contribution in [0.3, 0.4) is 0 Å². The molecule has 29 heavy (non-hydrogen) atoms. The number of carbonyl (C=O) groups is 2. The zero-order valence-corrected chi connectivity index (χ0v) is 17.0. The van der Waals surface area contributed by atoms with Crippen molar-refractivity contribution in [2.75, 3.05) is 5.32 Å². The minimum atomic E-state index is -0.411. The minimum absolute atomic E-state index is 0.129. The van der Waals surface area contributed by atoms with Gasteiger partial charge in [-0.2, -0.15) is 5.10 Å². The molecule has 7 nitrogen and oxygen atoms in total. The van der Waals surface area contributed by atoms with Crippen molar-refractivity contribution in [3.05, 3.63) is 70.2 Å².